The number of likely N-dealkylation sites (tertiary alicyclic amines) is 1. The molecule has 2 fully saturated rings. The van der Waals surface area contributed by atoms with Gasteiger partial charge in [0.25, 0.3) is 0 Å². The van der Waals surface area contributed by atoms with Gasteiger partial charge < -0.3 is 5.11 Å². The number of piperidine rings is 1. The SMILES string of the molecule is O=C(CN1CCC2(CCCC2)CC1)c1cc(F)ccc1O. The number of phenols is 1. The van der Waals surface area contributed by atoms with Gasteiger partial charge in [0.15, 0.2) is 5.78 Å². The number of carbonyl (C=O) groups excluding carboxylic acids is 1. The minimum atomic E-state index is -0.486. The monoisotopic (exact) mass is 291 g/mol. The van der Waals surface area contributed by atoms with Gasteiger partial charge in [0.05, 0.1) is 12.1 Å². The first-order valence-electron chi connectivity index (χ1n) is 7.82. The minimum absolute atomic E-state index is 0.0937. The molecule has 0 amide bonds. The zero-order valence-electron chi connectivity index (χ0n) is 12.3. The summed E-state index contributed by atoms with van der Waals surface area (Å²) in [6, 6.07) is 3.53. The molecule has 0 bridgehead atoms. The maximum absolute atomic E-state index is 13.2. The number of nitrogens with zero attached hydrogens (tertiary/aromatic N) is 1. The van der Waals surface area contributed by atoms with Gasteiger partial charge in [-0.15, -0.1) is 0 Å². The highest BCUT2D eigenvalue weighted by Crippen LogP contribution is 2.46. The molecule has 3 rings (SSSR count). The maximum Gasteiger partial charge on any atom is 0.180 e. The Morgan fingerprint density at radius 1 is 1.19 bits per heavy atom. The topological polar surface area (TPSA) is 40.5 Å². The number of Topliss-reactive ketones (excluding diaryl/α,β-unsaturated/α-hetero) is 1. The summed E-state index contributed by atoms with van der Waals surface area (Å²) in [7, 11) is 0. The van der Waals surface area contributed by atoms with Crippen molar-refractivity contribution in [1.82, 2.24) is 4.90 Å². The molecule has 0 aromatic heterocycles. The third-order valence-electron chi connectivity index (χ3n) is 5.21. The summed E-state index contributed by atoms with van der Waals surface area (Å²) in [6.45, 7) is 2.14. The second-order valence-corrected chi connectivity index (χ2v) is 6.57. The lowest BCUT2D eigenvalue weighted by atomic mass is 9.77. The van der Waals surface area contributed by atoms with Crippen molar-refractivity contribution in [2.45, 2.75) is 38.5 Å². The van der Waals surface area contributed by atoms with Crippen molar-refractivity contribution in [3.8, 4) is 5.75 Å². The molecule has 1 aromatic rings. The lowest BCUT2D eigenvalue weighted by molar-refractivity contribution is 0.0795. The Bertz CT molecular complexity index is 528. The Morgan fingerprint density at radius 3 is 2.52 bits per heavy atom. The average molecular weight is 291 g/mol. The van der Waals surface area contributed by atoms with Gasteiger partial charge in [-0.05, 0) is 62.4 Å². The van der Waals surface area contributed by atoms with Crippen LogP contribution in [-0.4, -0.2) is 35.4 Å². The van der Waals surface area contributed by atoms with Crippen molar-refractivity contribution >= 4 is 5.78 Å². The highest BCUT2D eigenvalue weighted by atomic mass is 19.1. The summed E-state index contributed by atoms with van der Waals surface area (Å²) in [4.78, 5) is 14.4. The highest BCUT2D eigenvalue weighted by Gasteiger charge is 2.37. The number of halogens is 1. The van der Waals surface area contributed by atoms with Crippen LogP contribution in [0.3, 0.4) is 0 Å². The Hall–Kier alpha value is -1.42. The predicted octanol–water partition coefficient (Wildman–Crippen LogP) is 3.37. The molecular formula is C17H22FNO2. The number of aromatic hydroxyl groups is 1. The van der Waals surface area contributed by atoms with Crippen LogP contribution in [0, 0.1) is 11.2 Å². The van der Waals surface area contributed by atoms with Crippen molar-refractivity contribution in [3.05, 3.63) is 29.6 Å². The van der Waals surface area contributed by atoms with Crippen LogP contribution in [-0.2, 0) is 0 Å². The third kappa shape index (κ3) is 3.10. The first-order chi connectivity index (χ1) is 10.1. The molecule has 1 aromatic carbocycles. The number of carbonyl (C=O) groups is 1. The molecule has 114 valence electrons. The molecule has 2 aliphatic rings. The Balaban J connectivity index is 1.60. The van der Waals surface area contributed by atoms with Crippen LogP contribution in [0.5, 0.6) is 5.75 Å². The van der Waals surface area contributed by atoms with E-state index in [-0.39, 0.29) is 23.6 Å². The van der Waals surface area contributed by atoms with E-state index in [0.717, 1.165) is 38.1 Å². The van der Waals surface area contributed by atoms with E-state index in [1.165, 1.54) is 31.7 Å². The largest absolute Gasteiger partial charge is 0.507 e. The van der Waals surface area contributed by atoms with Crippen molar-refractivity contribution < 1.29 is 14.3 Å². The van der Waals surface area contributed by atoms with E-state index >= 15 is 0 Å². The summed E-state index contributed by atoms with van der Waals surface area (Å²) in [6.07, 6.45) is 7.68. The van der Waals surface area contributed by atoms with Gasteiger partial charge in [-0.3, -0.25) is 9.69 Å². The van der Waals surface area contributed by atoms with Crippen molar-refractivity contribution in [1.29, 1.82) is 0 Å². The molecule has 4 heteroatoms. The van der Waals surface area contributed by atoms with E-state index in [0.29, 0.717) is 5.41 Å². The molecule has 0 atom stereocenters. The first-order valence-corrected chi connectivity index (χ1v) is 7.82. The van der Waals surface area contributed by atoms with Crippen molar-refractivity contribution in [3.63, 3.8) is 0 Å². The summed E-state index contributed by atoms with van der Waals surface area (Å²) in [5, 5.41) is 9.70. The lowest BCUT2D eigenvalue weighted by Gasteiger charge is -2.39. The number of hydrogen-bond donors (Lipinski definition) is 1. The van der Waals surface area contributed by atoms with Crippen LogP contribution in [0.2, 0.25) is 0 Å². The molecule has 1 aliphatic carbocycles. The molecular weight excluding hydrogens is 269 g/mol. The quantitative estimate of drug-likeness (QED) is 0.868. The van der Waals surface area contributed by atoms with E-state index in [2.05, 4.69) is 4.90 Å². The predicted molar refractivity (Wildman–Crippen MR) is 79.0 cm³/mol. The van der Waals surface area contributed by atoms with E-state index in [1.807, 2.05) is 0 Å². The molecule has 3 nitrogen and oxygen atoms in total. The fourth-order valence-corrected chi connectivity index (χ4v) is 3.83. The van der Waals surface area contributed by atoms with Crippen LogP contribution >= 0.6 is 0 Å². The van der Waals surface area contributed by atoms with Crippen LogP contribution < -0.4 is 0 Å². The second-order valence-electron chi connectivity index (χ2n) is 6.57. The number of ketones is 1. The molecule has 1 N–H and O–H groups in total. The van der Waals surface area contributed by atoms with Gasteiger partial charge in [-0.2, -0.15) is 0 Å². The molecule has 1 saturated carbocycles. The normalized spacial score (nSPS) is 21.8. The fourth-order valence-electron chi connectivity index (χ4n) is 3.83. The van der Waals surface area contributed by atoms with Gasteiger partial charge in [0, 0.05) is 0 Å². The summed E-state index contributed by atoms with van der Waals surface area (Å²) in [5.74, 6) is -0.820. The fraction of sp³-hybridized carbons (Fsp3) is 0.588. The van der Waals surface area contributed by atoms with Crippen LogP contribution in [0.1, 0.15) is 48.9 Å². The van der Waals surface area contributed by atoms with Gasteiger partial charge >= 0.3 is 0 Å². The second kappa shape index (κ2) is 5.76. The zero-order chi connectivity index (χ0) is 14.9. The van der Waals surface area contributed by atoms with E-state index in [1.54, 1.807) is 0 Å². The summed E-state index contributed by atoms with van der Waals surface area (Å²) < 4.78 is 13.2. The molecule has 0 radical (unpaired) electrons. The molecule has 1 saturated heterocycles. The molecule has 21 heavy (non-hydrogen) atoms. The molecule has 1 heterocycles. The lowest BCUT2D eigenvalue weighted by Crippen LogP contribution is -2.41. The van der Waals surface area contributed by atoms with Gasteiger partial charge in [0.2, 0.25) is 0 Å². The van der Waals surface area contributed by atoms with Gasteiger partial charge in [0.1, 0.15) is 11.6 Å². The van der Waals surface area contributed by atoms with Crippen LogP contribution in [0.25, 0.3) is 0 Å². The maximum atomic E-state index is 13.2. The van der Waals surface area contributed by atoms with Crippen molar-refractivity contribution in [2.24, 2.45) is 5.41 Å². The Labute approximate surface area is 124 Å². The molecule has 0 unspecified atom stereocenters. The van der Waals surface area contributed by atoms with Crippen LogP contribution in [0.15, 0.2) is 18.2 Å². The highest BCUT2D eigenvalue weighted by molar-refractivity contribution is 6.00. The number of hydrogen-bond acceptors (Lipinski definition) is 3. The smallest absolute Gasteiger partial charge is 0.180 e. The van der Waals surface area contributed by atoms with Crippen LogP contribution in [0.4, 0.5) is 4.39 Å². The summed E-state index contributed by atoms with van der Waals surface area (Å²) in [5.41, 5.74) is 0.622. The number of phenolic OH excluding ortho intramolecular Hbond substituents is 1. The average Bonchev–Trinajstić information content (AvgIpc) is 2.93. The Kier molecular flexibility index (Phi) is 3.98. The molecule has 1 aliphatic heterocycles. The van der Waals surface area contributed by atoms with E-state index in [9.17, 15) is 14.3 Å². The minimum Gasteiger partial charge on any atom is -0.507 e. The molecule has 1 spiro atoms. The van der Waals surface area contributed by atoms with Gasteiger partial charge in [-0.25, -0.2) is 4.39 Å². The Morgan fingerprint density at radius 2 is 1.86 bits per heavy atom. The van der Waals surface area contributed by atoms with E-state index in [4.69, 9.17) is 0 Å². The van der Waals surface area contributed by atoms with Gasteiger partial charge in [-0.1, -0.05) is 12.8 Å². The first kappa shape index (κ1) is 14.5. The van der Waals surface area contributed by atoms with Crippen molar-refractivity contribution in [2.75, 3.05) is 19.6 Å². The zero-order valence-corrected chi connectivity index (χ0v) is 12.3. The third-order valence-corrected chi connectivity index (χ3v) is 5.21. The summed E-state index contributed by atoms with van der Waals surface area (Å²) >= 11 is 0. The number of rotatable bonds is 3. The standard InChI is InChI=1S/C17H22FNO2/c18-13-3-4-15(20)14(11-13)16(21)12-19-9-7-17(8-10-19)5-1-2-6-17/h3-4,11,20H,1-2,5-10,12H2. The van der Waals surface area contributed by atoms with E-state index < -0.39 is 5.82 Å². The number of benzene rings is 1.